The normalized spacial score (nSPS) is 15.3. The Labute approximate surface area is 164 Å². The van der Waals surface area contributed by atoms with E-state index < -0.39 is 0 Å². The number of hydrogen-bond donors (Lipinski definition) is 0. The minimum absolute atomic E-state index is 0.0215. The second kappa shape index (κ2) is 7.62. The van der Waals surface area contributed by atoms with E-state index in [4.69, 9.17) is 0 Å². The Bertz CT molecular complexity index is 1060. The van der Waals surface area contributed by atoms with E-state index in [1.165, 1.54) is 0 Å². The molecule has 1 fully saturated rings. The topological polar surface area (TPSA) is 60.1 Å². The van der Waals surface area contributed by atoms with Crippen LogP contribution < -0.4 is 5.69 Å². The molecule has 28 heavy (non-hydrogen) atoms. The van der Waals surface area contributed by atoms with Gasteiger partial charge in [-0.25, -0.2) is 9.78 Å². The Balaban J connectivity index is 1.40. The summed E-state index contributed by atoms with van der Waals surface area (Å²) in [6.07, 6.45) is 4.01. The van der Waals surface area contributed by atoms with Gasteiger partial charge < -0.3 is 4.90 Å². The van der Waals surface area contributed by atoms with Crippen LogP contribution in [0.15, 0.2) is 47.4 Å². The van der Waals surface area contributed by atoms with Crippen molar-refractivity contribution in [2.45, 2.75) is 32.7 Å². The van der Waals surface area contributed by atoms with Gasteiger partial charge in [-0.2, -0.15) is 0 Å². The summed E-state index contributed by atoms with van der Waals surface area (Å²) in [5.41, 5.74) is 3.84. The number of likely N-dealkylation sites (tertiary alicyclic amines) is 1. The monoisotopic (exact) mass is 378 g/mol. The molecule has 4 rings (SSSR count). The van der Waals surface area contributed by atoms with E-state index >= 15 is 0 Å². The van der Waals surface area contributed by atoms with Crippen LogP contribution in [0.3, 0.4) is 0 Å². The molecule has 1 amide bonds. The Morgan fingerprint density at radius 2 is 1.89 bits per heavy atom. The van der Waals surface area contributed by atoms with Gasteiger partial charge in [0, 0.05) is 32.9 Å². The SMILES string of the molecule is Cc1ccccc1CC(=O)N1CCC(Cn2c(=O)n(C)c3cccnc32)CC1. The van der Waals surface area contributed by atoms with Crippen LogP contribution in [-0.4, -0.2) is 38.0 Å². The molecule has 0 spiro atoms. The molecule has 6 heteroatoms. The van der Waals surface area contributed by atoms with Crippen molar-refractivity contribution in [1.29, 1.82) is 0 Å². The lowest BCUT2D eigenvalue weighted by atomic mass is 9.96. The third-order valence-electron chi connectivity index (χ3n) is 5.91. The van der Waals surface area contributed by atoms with Gasteiger partial charge in [0.1, 0.15) is 0 Å². The average Bonchev–Trinajstić information content (AvgIpc) is 2.95. The van der Waals surface area contributed by atoms with Crippen LogP contribution in [0.25, 0.3) is 11.2 Å². The van der Waals surface area contributed by atoms with Crippen molar-refractivity contribution in [2.75, 3.05) is 13.1 Å². The van der Waals surface area contributed by atoms with Crippen molar-refractivity contribution >= 4 is 17.1 Å². The summed E-state index contributed by atoms with van der Waals surface area (Å²) in [7, 11) is 1.79. The van der Waals surface area contributed by atoms with Crippen molar-refractivity contribution < 1.29 is 4.79 Å². The lowest BCUT2D eigenvalue weighted by Crippen LogP contribution is -2.40. The Hall–Kier alpha value is -2.89. The van der Waals surface area contributed by atoms with Crippen LogP contribution in [0.1, 0.15) is 24.0 Å². The van der Waals surface area contributed by atoms with Crippen LogP contribution in [-0.2, 0) is 24.8 Å². The largest absolute Gasteiger partial charge is 0.342 e. The molecule has 1 aromatic carbocycles. The van der Waals surface area contributed by atoms with E-state index in [0.29, 0.717) is 18.9 Å². The molecule has 0 bridgehead atoms. The van der Waals surface area contributed by atoms with Crippen LogP contribution in [0.2, 0.25) is 0 Å². The fourth-order valence-electron chi connectivity index (χ4n) is 4.10. The third-order valence-corrected chi connectivity index (χ3v) is 5.91. The summed E-state index contributed by atoms with van der Waals surface area (Å²) in [6.45, 7) is 4.21. The lowest BCUT2D eigenvalue weighted by molar-refractivity contribution is -0.131. The lowest BCUT2D eigenvalue weighted by Gasteiger charge is -2.32. The van der Waals surface area contributed by atoms with Gasteiger partial charge in [-0.05, 0) is 48.9 Å². The maximum absolute atomic E-state index is 12.7. The van der Waals surface area contributed by atoms with Crippen LogP contribution in [0, 0.1) is 12.8 Å². The van der Waals surface area contributed by atoms with Gasteiger partial charge in [0.05, 0.1) is 11.9 Å². The van der Waals surface area contributed by atoms with E-state index in [1.54, 1.807) is 22.4 Å². The zero-order valence-electron chi connectivity index (χ0n) is 16.5. The van der Waals surface area contributed by atoms with Crippen LogP contribution >= 0.6 is 0 Å². The molecule has 0 radical (unpaired) electrons. The highest BCUT2D eigenvalue weighted by Gasteiger charge is 2.25. The fraction of sp³-hybridized carbons (Fsp3) is 0.409. The molecule has 0 saturated carbocycles. The van der Waals surface area contributed by atoms with Gasteiger partial charge >= 0.3 is 5.69 Å². The molecule has 1 aliphatic rings. The first-order valence-corrected chi connectivity index (χ1v) is 9.87. The first kappa shape index (κ1) is 18.5. The Morgan fingerprint density at radius 1 is 1.14 bits per heavy atom. The van der Waals surface area contributed by atoms with Crippen molar-refractivity contribution in [3.63, 3.8) is 0 Å². The third kappa shape index (κ3) is 3.46. The van der Waals surface area contributed by atoms with Crippen molar-refractivity contribution in [3.05, 3.63) is 64.2 Å². The zero-order chi connectivity index (χ0) is 19.7. The van der Waals surface area contributed by atoms with Gasteiger partial charge in [-0.1, -0.05) is 24.3 Å². The van der Waals surface area contributed by atoms with Gasteiger partial charge in [0.2, 0.25) is 5.91 Å². The highest BCUT2D eigenvalue weighted by molar-refractivity contribution is 5.79. The van der Waals surface area contributed by atoms with Gasteiger partial charge in [-0.3, -0.25) is 13.9 Å². The standard InChI is InChI=1S/C22H26N4O2/c1-16-6-3-4-7-18(16)14-20(27)25-12-9-17(10-13-25)15-26-21-19(8-5-11-23-21)24(2)22(26)28/h3-8,11,17H,9-10,12-15H2,1-2H3. The molecule has 0 N–H and O–H groups in total. The molecular weight excluding hydrogens is 352 g/mol. The Morgan fingerprint density at radius 3 is 2.64 bits per heavy atom. The molecule has 6 nitrogen and oxygen atoms in total. The highest BCUT2D eigenvalue weighted by atomic mass is 16.2. The highest BCUT2D eigenvalue weighted by Crippen LogP contribution is 2.21. The molecule has 2 aromatic heterocycles. The van der Waals surface area contributed by atoms with E-state index in [1.807, 2.05) is 48.2 Å². The molecule has 0 atom stereocenters. The summed E-state index contributed by atoms with van der Waals surface area (Å²) < 4.78 is 3.44. The predicted molar refractivity (Wildman–Crippen MR) is 109 cm³/mol. The quantitative estimate of drug-likeness (QED) is 0.701. The maximum atomic E-state index is 12.7. The van der Waals surface area contributed by atoms with Crippen LogP contribution in [0.4, 0.5) is 0 Å². The number of piperidine rings is 1. The molecule has 0 aliphatic carbocycles. The average molecular weight is 378 g/mol. The first-order valence-electron chi connectivity index (χ1n) is 9.87. The zero-order valence-corrected chi connectivity index (χ0v) is 16.5. The van der Waals surface area contributed by atoms with Crippen molar-refractivity contribution in [1.82, 2.24) is 19.0 Å². The molecule has 0 unspecified atom stereocenters. The summed E-state index contributed by atoms with van der Waals surface area (Å²) >= 11 is 0. The predicted octanol–water partition coefficient (Wildman–Crippen LogP) is 2.52. The van der Waals surface area contributed by atoms with E-state index in [9.17, 15) is 9.59 Å². The number of pyridine rings is 1. The summed E-state index contributed by atoms with van der Waals surface area (Å²) in [6, 6.07) is 11.8. The second-order valence-corrected chi connectivity index (χ2v) is 7.73. The van der Waals surface area contributed by atoms with Crippen molar-refractivity contribution in [2.24, 2.45) is 13.0 Å². The van der Waals surface area contributed by atoms with Gasteiger partial charge in [0.15, 0.2) is 5.65 Å². The minimum Gasteiger partial charge on any atom is -0.342 e. The maximum Gasteiger partial charge on any atom is 0.330 e. The van der Waals surface area contributed by atoms with E-state index in [-0.39, 0.29) is 11.6 Å². The minimum atomic E-state index is -0.0215. The number of nitrogens with zero attached hydrogens (tertiary/aromatic N) is 4. The number of amides is 1. The molecular formula is C22H26N4O2. The second-order valence-electron chi connectivity index (χ2n) is 7.73. The summed E-state index contributed by atoms with van der Waals surface area (Å²) in [5, 5.41) is 0. The number of rotatable bonds is 4. The van der Waals surface area contributed by atoms with Gasteiger partial charge in [0.25, 0.3) is 0 Å². The number of imidazole rings is 1. The molecule has 1 saturated heterocycles. The Kier molecular flexibility index (Phi) is 5.03. The number of carbonyl (C=O) groups is 1. The molecule has 146 valence electrons. The number of aryl methyl sites for hydroxylation is 2. The van der Waals surface area contributed by atoms with Crippen molar-refractivity contribution in [3.8, 4) is 0 Å². The smallest absolute Gasteiger partial charge is 0.330 e. The number of hydrogen-bond acceptors (Lipinski definition) is 3. The molecule has 3 heterocycles. The molecule has 3 aromatic rings. The van der Waals surface area contributed by atoms with Gasteiger partial charge in [-0.15, -0.1) is 0 Å². The number of fused-ring (bicyclic) bond motifs is 1. The number of carbonyl (C=O) groups excluding carboxylic acids is 1. The summed E-state index contributed by atoms with van der Waals surface area (Å²) in [5.74, 6) is 0.574. The summed E-state index contributed by atoms with van der Waals surface area (Å²) in [4.78, 5) is 31.6. The van der Waals surface area contributed by atoms with E-state index in [0.717, 1.165) is 48.2 Å². The fourth-order valence-corrected chi connectivity index (χ4v) is 4.10. The van der Waals surface area contributed by atoms with E-state index in [2.05, 4.69) is 4.98 Å². The van der Waals surface area contributed by atoms with Crippen LogP contribution in [0.5, 0.6) is 0 Å². The number of benzene rings is 1. The number of aromatic nitrogens is 3. The molecule has 1 aliphatic heterocycles. The first-order chi connectivity index (χ1) is 13.5.